The Morgan fingerprint density at radius 2 is 1.48 bits per heavy atom. The van der Waals surface area contributed by atoms with Crippen molar-refractivity contribution >= 4 is 17.4 Å². The van der Waals surface area contributed by atoms with Gasteiger partial charge in [0.25, 0.3) is 0 Å². The molecule has 0 aliphatic rings. The molecule has 29 heavy (non-hydrogen) atoms. The fourth-order valence-electron chi connectivity index (χ4n) is 2.47. The maximum absolute atomic E-state index is 13.0. The summed E-state index contributed by atoms with van der Waals surface area (Å²) in [7, 11) is 0. The van der Waals surface area contributed by atoms with E-state index in [1.165, 1.54) is 66.7 Å². The molecule has 0 saturated carbocycles. The summed E-state index contributed by atoms with van der Waals surface area (Å²) < 4.78 is 23.2. The minimum Gasteiger partial charge on any atom is -0.475 e. The summed E-state index contributed by atoms with van der Waals surface area (Å²) in [4.78, 5) is 34.6. The standard InChI is InChI=1S/C21H14FNO6/c22-16-9-5-14(6-10-16)21(25)15-7-11-17(12-8-15)29-20(24)13-28-19-4-2-1-3-18(19)23(26)27/h1-12H,13H2. The molecule has 3 aromatic carbocycles. The fraction of sp³-hybridized carbons (Fsp3) is 0.0476. The quantitative estimate of drug-likeness (QED) is 0.198. The zero-order valence-electron chi connectivity index (χ0n) is 14.9. The molecule has 0 aliphatic carbocycles. The zero-order valence-corrected chi connectivity index (χ0v) is 14.9. The Bertz CT molecular complexity index is 1050. The number of nitrogens with zero attached hydrogens (tertiary/aromatic N) is 1. The van der Waals surface area contributed by atoms with Gasteiger partial charge in [0, 0.05) is 17.2 Å². The SMILES string of the molecule is O=C(COc1ccccc1[N+](=O)[O-])Oc1ccc(C(=O)c2ccc(F)cc2)cc1. The van der Waals surface area contributed by atoms with Gasteiger partial charge >= 0.3 is 11.7 Å². The molecule has 0 fully saturated rings. The van der Waals surface area contributed by atoms with Crippen LogP contribution in [0.5, 0.6) is 11.5 Å². The number of nitro benzene ring substituents is 1. The fourth-order valence-corrected chi connectivity index (χ4v) is 2.47. The van der Waals surface area contributed by atoms with Crippen molar-refractivity contribution in [2.75, 3.05) is 6.61 Å². The molecule has 0 unspecified atom stereocenters. The lowest BCUT2D eigenvalue weighted by molar-refractivity contribution is -0.385. The van der Waals surface area contributed by atoms with Crippen molar-refractivity contribution in [3.05, 3.63) is 99.9 Å². The van der Waals surface area contributed by atoms with Crippen molar-refractivity contribution in [2.24, 2.45) is 0 Å². The Balaban J connectivity index is 1.59. The molecular weight excluding hydrogens is 381 g/mol. The number of benzene rings is 3. The van der Waals surface area contributed by atoms with Crippen LogP contribution in [0, 0.1) is 15.9 Å². The van der Waals surface area contributed by atoms with Crippen LogP contribution in [-0.4, -0.2) is 23.3 Å². The minimum absolute atomic E-state index is 0.0466. The van der Waals surface area contributed by atoms with E-state index in [9.17, 15) is 24.1 Å². The maximum atomic E-state index is 13.0. The van der Waals surface area contributed by atoms with Gasteiger partial charge in [-0.15, -0.1) is 0 Å². The number of esters is 1. The van der Waals surface area contributed by atoms with Gasteiger partial charge in [-0.3, -0.25) is 14.9 Å². The summed E-state index contributed by atoms with van der Waals surface area (Å²) in [6.45, 7) is -0.527. The third-order valence-electron chi connectivity index (χ3n) is 3.86. The van der Waals surface area contributed by atoms with Crippen LogP contribution in [0.2, 0.25) is 0 Å². The third kappa shape index (κ3) is 5.01. The third-order valence-corrected chi connectivity index (χ3v) is 3.86. The molecule has 0 amide bonds. The van der Waals surface area contributed by atoms with Crippen LogP contribution in [0.1, 0.15) is 15.9 Å². The molecular formula is C21H14FNO6. The van der Waals surface area contributed by atoms with Crippen LogP contribution >= 0.6 is 0 Å². The number of nitro groups is 1. The summed E-state index contributed by atoms with van der Waals surface area (Å²) in [6, 6.07) is 16.6. The molecule has 0 atom stereocenters. The molecule has 0 saturated heterocycles. The lowest BCUT2D eigenvalue weighted by Crippen LogP contribution is -2.18. The van der Waals surface area contributed by atoms with E-state index in [1.807, 2.05) is 0 Å². The number of para-hydroxylation sites is 2. The molecule has 8 heteroatoms. The summed E-state index contributed by atoms with van der Waals surface area (Å²) in [5.41, 5.74) is 0.408. The number of ether oxygens (including phenoxy) is 2. The predicted octanol–water partition coefficient (Wildman–Crippen LogP) is 3.95. The van der Waals surface area contributed by atoms with Gasteiger partial charge in [0.05, 0.1) is 4.92 Å². The smallest absolute Gasteiger partial charge is 0.349 e. The molecule has 3 rings (SSSR count). The Labute approximate surface area is 164 Å². The lowest BCUT2D eigenvalue weighted by atomic mass is 10.0. The molecule has 0 spiro atoms. The molecule has 0 heterocycles. The van der Waals surface area contributed by atoms with E-state index in [0.29, 0.717) is 11.1 Å². The first-order valence-electron chi connectivity index (χ1n) is 8.41. The molecule has 3 aromatic rings. The summed E-state index contributed by atoms with van der Waals surface area (Å²) in [5, 5.41) is 10.9. The molecule has 0 radical (unpaired) electrons. The average Bonchev–Trinajstić information content (AvgIpc) is 2.73. The van der Waals surface area contributed by atoms with E-state index in [-0.39, 0.29) is 23.0 Å². The van der Waals surface area contributed by atoms with Crippen molar-refractivity contribution in [1.82, 2.24) is 0 Å². The molecule has 146 valence electrons. The molecule has 0 N–H and O–H groups in total. The highest BCUT2D eigenvalue weighted by molar-refractivity contribution is 6.09. The molecule has 0 bridgehead atoms. The Morgan fingerprint density at radius 1 is 0.897 bits per heavy atom. The second-order valence-corrected chi connectivity index (χ2v) is 5.85. The van der Waals surface area contributed by atoms with Crippen molar-refractivity contribution in [3.8, 4) is 11.5 Å². The molecule has 0 aromatic heterocycles. The van der Waals surface area contributed by atoms with Crippen LogP contribution in [0.4, 0.5) is 10.1 Å². The van der Waals surface area contributed by atoms with Crippen molar-refractivity contribution in [3.63, 3.8) is 0 Å². The van der Waals surface area contributed by atoms with Gasteiger partial charge in [0.15, 0.2) is 18.1 Å². The number of halogens is 1. The number of hydrogen-bond acceptors (Lipinski definition) is 6. The molecule has 7 nitrogen and oxygen atoms in total. The van der Waals surface area contributed by atoms with Crippen LogP contribution < -0.4 is 9.47 Å². The maximum Gasteiger partial charge on any atom is 0.349 e. The second kappa shape index (κ2) is 8.75. The highest BCUT2D eigenvalue weighted by Gasteiger charge is 2.16. The summed E-state index contributed by atoms with van der Waals surface area (Å²) in [6.07, 6.45) is 0. The Morgan fingerprint density at radius 3 is 2.10 bits per heavy atom. The van der Waals surface area contributed by atoms with E-state index in [0.717, 1.165) is 0 Å². The van der Waals surface area contributed by atoms with E-state index in [1.54, 1.807) is 6.07 Å². The summed E-state index contributed by atoms with van der Waals surface area (Å²) in [5.74, 6) is -1.37. The normalized spacial score (nSPS) is 10.2. The first kappa shape index (κ1) is 19.7. The first-order valence-corrected chi connectivity index (χ1v) is 8.41. The van der Waals surface area contributed by atoms with Crippen LogP contribution in [0.25, 0.3) is 0 Å². The van der Waals surface area contributed by atoms with Crippen LogP contribution in [0.15, 0.2) is 72.8 Å². The van der Waals surface area contributed by atoms with Gasteiger partial charge in [-0.25, -0.2) is 9.18 Å². The number of carbonyl (C=O) groups is 2. The van der Waals surface area contributed by atoms with E-state index >= 15 is 0 Å². The summed E-state index contributed by atoms with van der Waals surface area (Å²) >= 11 is 0. The number of hydrogen-bond donors (Lipinski definition) is 0. The van der Waals surface area contributed by atoms with Gasteiger partial charge < -0.3 is 9.47 Å². The first-order chi connectivity index (χ1) is 13.9. The van der Waals surface area contributed by atoms with Crippen LogP contribution in [-0.2, 0) is 4.79 Å². The van der Waals surface area contributed by atoms with Gasteiger partial charge in [0.1, 0.15) is 11.6 Å². The number of rotatable bonds is 7. The largest absolute Gasteiger partial charge is 0.475 e. The zero-order chi connectivity index (χ0) is 20.8. The van der Waals surface area contributed by atoms with Gasteiger partial charge in [0.2, 0.25) is 0 Å². The predicted molar refractivity (Wildman–Crippen MR) is 101 cm³/mol. The van der Waals surface area contributed by atoms with Crippen molar-refractivity contribution in [1.29, 1.82) is 0 Å². The van der Waals surface area contributed by atoms with Crippen molar-refractivity contribution < 1.29 is 28.4 Å². The highest BCUT2D eigenvalue weighted by atomic mass is 19.1. The van der Waals surface area contributed by atoms with Crippen LogP contribution in [0.3, 0.4) is 0 Å². The van der Waals surface area contributed by atoms with Gasteiger partial charge in [-0.2, -0.15) is 0 Å². The number of carbonyl (C=O) groups excluding carboxylic acids is 2. The van der Waals surface area contributed by atoms with Gasteiger partial charge in [-0.05, 0) is 54.6 Å². The van der Waals surface area contributed by atoms with Crippen molar-refractivity contribution in [2.45, 2.75) is 0 Å². The van der Waals surface area contributed by atoms with E-state index < -0.39 is 23.3 Å². The lowest BCUT2D eigenvalue weighted by Gasteiger charge is -2.08. The van der Waals surface area contributed by atoms with E-state index in [4.69, 9.17) is 9.47 Å². The van der Waals surface area contributed by atoms with Gasteiger partial charge in [-0.1, -0.05) is 12.1 Å². The second-order valence-electron chi connectivity index (χ2n) is 5.85. The topological polar surface area (TPSA) is 95.7 Å². The minimum atomic E-state index is -0.763. The highest BCUT2D eigenvalue weighted by Crippen LogP contribution is 2.25. The Kier molecular flexibility index (Phi) is 5.94. The monoisotopic (exact) mass is 395 g/mol. The molecule has 0 aliphatic heterocycles. The average molecular weight is 395 g/mol. The van der Waals surface area contributed by atoms with E-state index in [2.05, 4.69) is 0 Å². The number of ketones is 1. The Hall–Kier alpha value is -4.07.